The number of fused-ring (bicyclic) bond motifs is 1. The molecule has 2 aliphatic heterocycles. The molecule has 228 valence electrons. The number of hydrogen-bond acceptors (Lipinski definition) is 9. The molecule has 2 aliphatic rings. The highest BCUT2D eigenvalue weighted by Crippen LogP contribution is 2.49. The van der Waals surface area contributed by atoms with Crippen LogP contribution in [0.4, 0.5) is 24.5 Å². The van der Waals surface area contributed by atoms with Crippen LogP contribution in [0.5, 0.6) is 5.75 Å². The van der Waals surface area contributed by atoms with E-state index in [9.17, 15) is 32.2 Å². The second-order valence-corrected chi connectivity index (χ2v) is 11.5. The van der Waals surface area contributed by atoms with E-state index in [2.05, 4.69) is 20.0 Å². The molecule has 3 heterocycles. The fraction of sp³-hybridized carbons (Fsp3) is 0.333. The van der Waals surface area contributed by atoms with Gasteiger partial charge >= 0.3 is 14.0 Å². The number of halogens is 3. The molecule has 0 bridgehead atoms. The maximum absolute atomic E-state index is 13.3. The van der Waals surface area contributed by atoms with Crippen LogP contribution in [0.25, 0.3) is 11.1 Å². The molecule has 1 fully saturated rings. The summed E-state index contributed by atoms with van der Waals surface area (Å²) in [6.45, 7) is 2.50. The van der Waals surface area contributed by atoms with Crippen LogP contribution in [-0.4, -0.2) is 52.8 Å². The van der Waals surface area contributed by atoms with Gasteiger partial charge in [-0.05, 0) is 53.9 Å². The van der Waals surface area contributed by atoms with E-state index in [0.29, 0.717) is 54.5 Å². The molecule has 1 aromatic heterocycles. The molecular formula is C27H26F3N4O8P. The summed E-state index contributed by atoms with van der Waals surface area (Å²) in [7, 11) is -3.66. The Morgan fingerprint density at radius 3 is 2.60 bits per heavy atom. The van der Waals surface area contributed by atoms with E-state index in [1.165, 1.54) is 6.07 Å². The minimum Gasteiger partial charge on any atom is -0.484 e. The van der Waals surface area contributed by atoms with E-state index >= 15 is 0 Å². The fourth-order valence-corrected chi connectivity index (χ4v) is 5.22. The summed E-state index contributed by atoms with van der Waals surface area (Å²) in [4.78, 5) is 36.0. The lowest BCUT2D eigenvalue weighted by atomic mass is 9.90. The summed E-state index contributed by atoms with van der Waals surface area (Å²) in [6.07, 6.45) is -3.54. The number of benzene rings is 2. The molecule has 0 saturated carbocycles. The van der Waals surface area contributed by atoms with Crippen LogP contribution in [0.1, 0.15) is 40.9 Å². The second-order valence-electron chi connectivity index (χ2n) is 9.99. The summed E-state index contributed by atoms with van der Waals surface area (Å²) in [5.41, 5.74) is -0.256. The SMILES string of the molecule is COP(=O)(O)ON1C(=O)CC2(CCOCC2)Oc2cc(-c3cc(NC(=O)c4cc(C(F)(F)F)cnn4)ccc3C)ccc21. The number of aryl methyl sites for hydroxylation is 1. The zero-order valence-electron chi connectivity index (χ0n) is 22.9. The predicted molar refractivity (Wildman–Crippen MR) is 145 cm³/mol. The molecule has 1 unspecified atom stereocenters. The van der Waals surface area contributed by atoms with Crippen molar-refractivity contribution in [2.45, 2.75) is 38.0 Å². The van der Waals surface area contributed by atoms with Crippen LogP contribution in [0.3, 0.4) is 0 Å². The van der Waals surface area contributed by atoms with Crippen molar-refractivity contribution in [3.05, 3.63) is 65.5 Å². The van der Waals surface area contributed by atoms with E-state index in [4.69, 9.17) is 14.1 Å². The number of hydroxylamine groups is 1. The Morgan fingerprint density at radius 1 is 1.16 bits per heavy atom. The van der Waals surface area contributed by atoms with Gasteiger partial charge in [0.1, 0.15) is 17.0 Å². The Balaban J connectivity index is 1.50. The van der Waals surface area contributed by atoms with Gasteiger partial charge < -0.3 is 19.7 Å². The van der Waals surface area contributed by atoms with Gasteiger partial charge in [-0.2, -0.15) is 28.0 Å². The average Bonchev–Trinajstić information content (AvgIpc) is 3.07. The second kappa shape index (κ2) is 11.7. The number of carbonyl (C=O) groups is 2. The number of nitrogens with one attached hydrogen (secondary N) is 1. The molecule has 12 nitrogen and oxygen atoms in total. The van der Waals surface area contributed by atoms with E-state index in [1.54, 1.807) is 30.3 Å². The van der Waals surface area contributed by atoms with Crippen LogP contribution in [-0.2, 0) is 29.4 Å². The molecule has 1 spiro atoms. The maximum Gasteiger partial charge on any atom is 0.494 e. The van der Waals surface area contributed by atoms with Gasteiger partial charge in [0.05, 0.1) is 31.4 Å². The van der Waals surface area contributed by atoms with Gasteiger partial charge in [-0.3, -0.25) is 14.1 Å². The molecule has 0 radical (unpaired) electrons. The molecule has 2 N–H and O–H groups in total. The van der Waals surface area contributed by atoms with Crippen LogP contribution in [0.2, 0.25) is 0 Å². The minimum absolute atomic E-state index is 0.0775. The zero-order valence-corrected chi connectivity index (χ0v) is 23.8. The molecular weight excluding hydrogens is 596 g/mol. The summed E-state index contributed by atoms with van der Waals surface area (Å²) in [5.74, 6) is -1.31. The van der Waals surface area contributed by atoms with Gasteiger partial charge in [-0.25, -0.2) is 4.57 Å². The van der Waals surface area contributed by atoms with Crippen molar-refractivity contribution in [3.8, 4) is 16.9 Å². The number of hydrogen-bond donors (Lipinski definition) is 2. The minimum atomic E-state index is -4.69. The van der Waals surface area contributed by atoms with Crippen LogP contribution in [0.15, 0.2) is 48.7 Å². The number of anilines is 2. The lowest BCUT2D eigenvalue weighted by Gasteiger charge is -2.35. The first-order valence-corrected chi connectivity index (χ1v) is 14.4. The number of phosphoric ester groups is 1. The molecule has 16 heteroatoms. The molecule has 1 saturated heterocycles. The molecule has 0 aliphatic carbocycles. The Bertz CT molecular complexity index is 1610. The van der Waals surface area contributed by atoms with Crippen LogP contribution >= 0.6 is 7.82 Å². The quantitative estimate of drug-likeness (QED) is 0.357. The van der Waals surface area contributed by atoms with Crippen LogP contribution < -0.4 is 15.1 Å². The zero-order chi connectivity index (χ0) is 31.0. The third-order valence-corrected chi connectivity index (χ3v) is 7.88. The molecule has 1 atom stereocenters. The number of nitrogens with zero attached hydrogens (tertiary/aromatic N) is 3. The first-order chi connectivity index (χ1) is 20.3. The maximum atomic E-state index is 13.3. The lowest BCUT2D eigenvalue weighted by Crippen LogP contribution is -2.44. The van der Waals surface area contributed by atoms with Crippen molar-refractivity contribution in [2.24, 2.45) is 0 Å². The number of carbonyl (C=O) groups excluding carboxylic acids is 2. The summed E-state index contributed by atoms with van der Waals surface area (Å²) >= 11 is 0. The number of ether oxygens (including phenoxy) is 2. The van der Waals surface area contributed by atoms with Gasteiger partial charge in [0.25, 0.3) is 11.8 Å². The van der Waals surface area contributed by atoms with Crippen molar-refractivity contribution >= 4 is 31.0 Å². The van der Waals surface area contributed by atoms with Crippen molar-refractivity contribution in [1.29, 1.82) is 0 Å². The molecule has 5 rings (SSSR count). The number of alkyl halides is 3. The van der Waals surface area contributed by atoms with E-state index < -0.39 is 42.7 Å². The highest BCUT2D eigenvalue weighted by Gasteiger charge is 2.44. The summed E-state index contributed by atoms with van der Waals surface area (Å²) in [6, 6.07) is 10.2. The van der Waals surface area contributed by atoms with Gasteiger partial charge in [0.15, 0.2) is 5.69 Å². The highest BCUT2D eigenvalue weighted by atomic mass is 31.2. The van der Waals surface area contributed by atoms with E-state index in [0.717, 1.165) is 12.7 Å². The predicted octanol–water partition coefficient (Wildman–Crippen LogP) is 5.07. The van der Waals surface area contributed by atoms with E-state index in [-0.39, 0.29) is 23.5 Å². The lowest BCUT2D eigenvalue weighted by molar-refractivity contribution is -0.138. The van der Waals surface area contributed by atoms with Gasteiger partial charge in [0.2, 0.25) is 0 Å². The average molecular weight is 622 g/mol. The summed E-state index contributed by atoms with van der Waals surface area (Å²) < 4.78 is 73.0. The standard InChI is InChI=1S/C27H26F3N4O8P/c1-16-3-5-19(32-25(36)21-12-18(15-31-33-21)27(28,29)30)13-20(16)17-4-6-22-23(11-17)41-26(7-9-40-10-8-26)14-24(35)34(22)42-43(37,38)39-2/h3-6,11-13,15H,7-10,14H2,1-2H3,(H,32,36)(H,37,38). The van der Waals surface area contributed by atoms with Gasteiger partial charge in [-0.1, -0.05) is 12.1 Å². The number of rotatable bonds is 6. The topological polar surface area (TPSA) is 149 Å². The van der Waals surface area contributed by atoms with Gasteiger partial charge in [0, 0.05) is 25.6 Å². The number of amides is 2. The highest BCUT2D eigenvalue weighted by molar-refractivity contribution is 7.47. The third-order valence-electron chi connectivity index (χ3n) is 7.05. The first-order valence-electron chi connectivity index (χ1n) is 12.9. The first kappa shape index (κ1) is 30.6. The number of phosphoric acid groups is 1. The summed E-state index contributed by atoms with van der Waals surface area (Å²) in [5, 5.41) is 10.0. The van der Waals surface area contributed by atoms with E-state index in [1.807, 2.05) is 6.92 Å². The Hall–Kier alpha value is -3.88. The Labute approximate surface area is 243 Å². The normalized spacial score (nSPS) is 17.9. The fourth-order valence-electron chi connectivity index (χ4n) is 4.77. The molecule has 2 aromatic carbocycles. The molecule has 3 aromatic rings. The molecule has 43 heavy (non-hydrogen) atoms. The smallest absolute Gasteiger partial charge is 0.484 e. The van der Waals surface area contributed by atoms with Crippen molar-refractivity contribution < 1.29 is 50.8 Å². The van der Waals surface area contributed by atoms with Crippen molar-refractivity contribution in [2.75, 3.05) is 30.7 Å². The van der Waals surface area contributed by atoms with Gasteiger partial charge in [-0.15, -0.1) is 5.10 Å². The van der Waals surface area contributed by atoms with Crippen LogP contribution in [0, 0.1) is 6.92 Å². The Kier molecular flexibility index (Phi) is 8.29. The number of aromatic nitrogens is 2. The van der Waals surface area contributed by atoms with Crippen molar-refractivity contribution in [1.82, 2.24) is 10.2 Å². The Morgan fingerprint density at radius 2 is 1.91 bits per heavy atom. The molecule has 2 amide bonds. The third kappa shape index (κ3) is 6.71. The van der Waals surface area contributed by atoms with Crippen molar-refractivity contribution in [3.63, 3.8) is 0 Å². The monoisotopic (exact) mass is 622 g/mol. The largest absolute Gasteiger partial charge is 0.494 e.